The molecule has 0 spiro atoms. The molecule has 0 aliphatic heterocycles. The summed E-state index contributed by atoms with van der Waals surface area (Å²) >= 11 is 0. The van der Waals surface area contributed by atoms with Gasteiger partial charge in [0.15, 0.2) is 0 Å². The lowest BCUT2D eigenvalue weighted by atomic mass is 9.93. The summed E-state index contributed by atoms with van der Waals surface area (Å²) in [6, 6.07) is 0. The molecule has 0 radical (unpaired) electrons. The van der Waals surface area contributed by atoms with E-state index in [1.807, 2.05) is 6.08 Å². The third-order valence-corrected chi connectivity index (χ3v) is 3.40. The van der Waals surface area contributed by atoms with Crippen LogP contribution >= 0.6 is 0 Å². The van der Waals surface area contributed by atoms with Crippen LogP contribution in [-0.2, 0) is 9.53 Å². The molecule has 2 aliphatic carbocycles. The Morgan fingerprint density at radius 1 is 1.50 bits per heavy atom. The molecule has 86 valence electrons. The largest absolute Gasteiger partial charge is 0.454 e. The minimum absolute atomic E-state index is 0.0250. The normalized spacial score (nSPS) is 21.9. The SMILES string of the molecule is C=CC(=O)OC(C1=CC=CC1)C1CCCC1. The van der Waals surface area contributed by atoms with Gasteiger partial charge < -0.3 is 4.74 Å². The summed E-state index contributed by atoms with van der Waals surface area (Å²) in [5.41, 5.74) is 1.24. The molecule has 0 N–H and O–H groups in total. The molecule has 0 bridgehead atoms. The molecule has 2 aliphatic rings. The van der Waals surface area contributed by atoms with Crippen molar-refractivity contribution in [2.75, 3.05) is 0 Å². The third kappa shape index (κ3) is 2.43. The van der Waals surface area contributed by atoms with Crippen molar-refractivity contribution in [1.29, 1.82) is 0 Å². The van der Waals surface area contributed by atoms with Gasteiger partial charge in [-0.25, -0.2) is 4.79 Å². The minimum atomic E-state index is -0.301. The van der Waals surface area contributed by atoms with Gasteiger partial charge >= 0.3 is 5.97 Å². The number of esters is 1. The Morgan fingerprint density at radius 3 is 2.81 bits per heavy atom. The van der Waals surface area contributed by atoms with Gasteiger partial charge in [0.2, 0.25) is 0 Å². The second-order valence-electron chi connectivity index (χ2n) is 4.48. The first-order chi connectivity index (χ1) is 7.81. The number of carbonyl (C=O) groups excluding carboxylic acids is 1. The lowest BCUT2D eigenvalue weighted by Gasteiger charge is -2.24. The van der Waals surface area contributed by atoms with Crippen LogP contribution in [0, 0.1) is 5.92 Å². The molecular formula is C14H18O2. The summed E-state index contributed by atoms with van der Waals surface area (Å²) in [5.74, 6) is 0.208. The van der Waals surface area contributed by atoms with Crippen molar-refractivity contribution < 1.29 is 9.53 Å². The molecule has 0 aromatic carbocycles. The molecule has 0 aromatic rings. The van der Waals surface area contributed by atoms with E-state index in [1.54, 1.807) is 0 Å². The first kappa shape index (κ1) is 11.2. The van der Waals surface area contributed by atoms with Gasteiger partial charge in [0, 0.05) is 6.08 Å². The Morgan fingerprint density at radius 2 is 2.25 bits per heavy atom. The average molecular weight is 218 g/mol. The van der Waals surface area contributed by atoms with Gasteiger partial charge in [-0.05, 0) is 30.8 Å². The summed E-state index contributed by atoms with van der Waals surface area (Å²) in [4.78, 5) is 11.3. The monoisotopic (exact) mass is 218 g/mol. The van der Waals surface area contributed by atoms with Gasteiger partial charge in [-0.15, -0.1) is 0 Å². The van der Waals surface area contributed by atoms with Gasteiger partial charge in [-0.2, -0.15) is 0 Å². The van der Waals surface area contributed by atoms with Crippen molar-refractivity contribution in [3.63, 3.8) is 0 Å². The lowest BCUT2D eigenvalue weighted by molar-refractivity contribution is -0.143. The van der Waals surface area contributed by atoms with Crippen molar-refractivity contribution >= 4 is 5.97 Å². The molecule has 2 nitrogen and oxygen atoms in total. The molecule has 1 saturated carbocycles. The zero-order chi connectivity index (χ0) is 11.4. The van der Waals surface area contributed by atoms with Gasteiger partial charge in [0.05, 0.1) is 0 Å². The second kappa shape index (κ2) is 5.15. The number of ether oxygens (including phenoxy) is 1. The summed E-state index contributed by atoms with van der Waals surface area (Å²) in [6.07, 6.45) is 13.2. The van der Waals surface area contributed by atoms with Crippen molar-refractivity contribution in [1.82, 2.24) is 0 Å². The van der Waals surface area contributed by atoms with Crippen LogP contribution in [0.25, 0.3) is 0 Å². The Labute approximate surface area is 96.7 Å². The van der Waals surface area contributed by atoms with E-state index in [1.165, 1.54) is 37.3 Å². The van der Waals surface area contributed by atoms with Crippen LogP contribution in [0.4, 0.5) is 0 Å². The number of hydrogen-bond acceptors (Lipinski definition) is 2. The molecule has 1 atom stereocenters. The fourth-order valence-electron chi connectivity index (χ4n) is 2.58. The molecule has 1 fully saturated rings. The molecule has 0 saturated heterocycles. The average Bonchev–Trinajstić information content (AvgIpc) is 2.97. The first-order valence-corrected chi connectivity index (χ1v) is 6.00. The van der Waals surface area contributed by atoms with Crippen LogP contribution in [0.15, 0.2) is 36.5 Å². The number of rotatable bonds is 4. The predicted molar refractivity (Wildman–Crippen MR) is 63.9 cm³/mol. The van der Waals surface area contributed by atoms with Gasteiger partial charge in [0.25, 0.3) is 0 Å². The fourth-order valence-corrected chi connectivity index (χ4v) is 2.58. The van der Waals surface area contributed by atoms with Gasteiger partial charge in [0.1, 0.15) is 6.10 Å². The number of hydrogen-bond donors (Lipinski definition) is 0. The predicted octanol–water partition coefficient (Wildman–Crippen LogP) is 3.16. The van der Waals surface area contributed by atoms with E-state index in [4.69, 9.17) is 4.74 Å². The van der Waals surface area contributed by atoms with E-state index in [9.17, 15) is 4.79 Å². The third-order valence-electron chi connectivity index (χ3n) is 3.40. The fraction of sp³-hybridized carbons (Fsp3) is 0.500. The summed E-state index contributed by atoms with van der Waals surface area (Å²) in [6.45, 7) is 3.46. The number of allylic oxidation sites excluding steroid dienone is 3. The highest BCUT2D eigenvalue weighted by Crippen LogP contribution is 2.34. The van der Waals surface area contributed by atoms with E-state index in [0.29, 0.717) is 5.92 Å². The quantitative estimate of drug-likeness (QED) is 0.535. The highest BCUT2D eigenvalue weighted by molar-refractivity contribution is 5.81. The molecule has 1 unspecified atom stereocenters. The van der Waals surface area contributed by atoms with Crippen molar-refractivity contribution in [3.05, 3.63) is 36.5 Å². The maximum absolute atomic E-state index is 11.3. The van der Waals surface area contributed by atoms with Crippen LogP contribution in [0.5, 0.6) is 0 Å². The Hall–Kier alpha value is -1.31. The van der Waals surface area contributed by atoms with E-state index < -0.39 is 0 Å². The zero-order valence-corrected chi connectivity index (χ0v) is 9.52. The first-order valence-electron chi connectivity index (χ1n) is 6.00. The van der Waals surface area contributed by atoms with E-state index in [-0.39, 0.29) is 12.1 Å². The Bertz CT molecular complexity index is 333. The minimum Gasteiger partial charge on any atom is -0.454 e. The topological polar surface area (TPSA) is 26.3 Å². The standard InChI is InChI=1S/C14H18O2/c1-2-13(15)16-14(11-7-3-4-8-11)12-9-5-6-10-12/h2-4,7,12,14H,1,5-6,8-10H2. The molecular weight excluding hydrogens is 200 g/mol. The van der Waals surface area contributed by atoms with E-state index >= 15 is 0 Å². The van der Waals surface area contributed by atoms with E-state index in [2.05, 4.69) is 18.7 Å². The highest BCUT2D eigenvalue weighted by atomic mass is 16.5. The Balaban J connectivity index is 2.05. The molecule has 0 aromatic heterocycles. The molecule has 2 rings (SSSR count). The van der Waals surface area contributed by atoms with Crippen LogP contribution in [-0.4, -0.2) is 12.1 Å². The van der Waals surface area contributed by atoms with Gasteiger partial charge in [-0.1, -0.05) is 37.6 Å². The lowest BCUT2D eigenvalue weighted by Crippen LogP contribution is -2.26. The van der Waals surface area contributed by atoms with Crippen molar-refractivity contribution in [3.8, 4) is 0 Å². The van der Waals surface area contributed by atoms with Crippen molar-refractivity contribution in [2.24, 2.45) is 5.92 Å². The Kier molecular flexibility index (Phi) is 3.60. The van der Waals surface area contributed by atoms with E-state index in [0.717, 1.165) is 6.42 Å². The summed E-state index contributed by atoms with van der Waals surface area (Å²) < 4.78 is 5.50. The van der Waals surface area contributed by atoms with Crippen LogP contribution in [0.3, 0.4) is 0 Å². The summed E-state index contributed by atoms with van der Waals surface area (Å²) in [5, 5.41) is 0. The van der Waals surface area contributed by atoms with Crippen molar-refractivity contribution in [2.45, 2.75) is 38.2 Å². The molecule has 2 heteroatoms. The maximum Gasteiger partial charge on any atom is 0.330 e. The zero-order valence-electron chi connectivity index (χ0n) is 9.52. The maximum atomic E-state index is 11.3. The second-order valence-corrected chi connectivity index (χ2v) is 4.48. The van der Waals surface area contributed by atoms with Crippen LogP contribution in [0.1, 0.15) is 32.1 Å². The molecule has 0 amide bonds. The molecule has 16 heavy (non-hydrogen) atoms. The van der Waals surface area contributed by atoms with Crippen LogP contribution < -0.4 is 0 Å². The van der Waals surface area contributed by atoms with Crippen LogP contribution in [0.2, 0.25) is 0 Å². The highest BCUT2D eigenvalue weighted by Gasteiger charge is 2.30. The number of carbonyl (C=O) groups is 1. The summed E-state index contributed by atoms with van der Waals surface area (Å²) in [7, 11) is 0. The molecule has 0 heterocycles. The van der Waals surface area contributed by atoms with Gasteiger partial charge in [-0.3, -0.25) is 0 Å². The smallest absolute Gasteiger partial charge is 0.330 e.